The normalized spacial score (nSPS) is 24.2. The van der Waals surface area contributed by atoms with Crippen LogP contribution in [0.1, 0.15) is 24.6 Å². The Bertz CT molecular complexity index is 461. The highest BCUT2D eigenvalue weighted by Crippen LogP contribution is 2.30. The van der Waals surface area contributed by atoms with Gasteiger partial charge in [0.2, 0.25) is 0 Å². The standard InChI is InChI=1S/C11H16N2O3S/c1-7-5-13(11(17-2)12-10(7)15)9-4-3-8(6-14)16-9/h5,8-9,14H,3-4,6H2,1-2H3/t8-,9-/m0/s1. The Kier molecular flexibility index (Phi) is 3.86. The van der Waals surface area contributed by atoms with Crippen molar-refractivity contribution >= 4 is 11.8 Å². The van der Waals surface area contributed by atoms with Crippen LogP contribution in [0, 0.1) is 6.92 Å². The van der Waals surface area contributed by atoms with E-state index >= 15 is 0 Å². The molecule has 6 heteroatoms. The van der Waals surface area contributed by atoms with E-state index in [1.54, 1.807) is 13.1 Å². The molecule has 2 atom stereocenters. The molecule has 0 amide bonds. The fourth-order valence-electron chi connectivity index (χ4n) is 1.93. The van der Waals surface area contributed by atoms with E-state index in [0.717, 1.165) is 12.8 Å². The first-order valence-corrected chi connectivity index (χ1v) is 6.78. The molecule has 0 saturated carbocycles. The number of aliphatic hydroxyl groups is 1. The Morgan fingerprint density at radius 1 is 1.65 bits per heavy atom. The van der Waals surface area contributed by atoms with Gasteiger partial charge in [-0.25, -0.2) is 0 Å². The Labute approximate surface area is 104 Å². The molecule has 0 radical (unpaired) electrons. The lowest BCUT2D eigenvalue weighted by atomic mass is 10.2. The van der Waals surface area contributed by atoms with Gasteiger partial charge in [0.05, 0.1) is 12.7 Å². The van der Waals surface area contributed by atoms with E-state index in [1.165, 1.54) is 11.8 Å². The highest BCUT2D eigenvalue weighted by Gasteiger charge is 2.27. The highest BCUT2D eigenvalue weighted by atomic mass is 32.2. The van der Waals surface area contributed by atoms with E-state index in [-0.39, 0.29) is 24.5 Å². The van der Waals surface area contributed by atoms with Gasteiger partial charge in [0.25, 0.3) is 5.56 Å². The molecule has 0 unspecified atom stereocenters. The summed E-state index contributed by atoms with van der Waals surface area (Å²) < 4.78 is 7.58. The fraction of sp³-hybridized carbons (Fsp3) is 0.636. The number of hydrogen-bond donors (Lipinski definition) is 1. The number of aryl methyl sites for hydroxylation is 1. The monoisotopic (exact) mass is 256 g/mol. The first kappa shape index (κ1) is 12.6. The topological polar surface area (TPSA) is 64.4 Å². The van der Waals surface area contributed by atoms with Crippen LogP contribution in [-0.2, 0) is 4.74 Å². The zero-order valence-electron chi connectivity index (χ0n) is 9.92. The van der Waals surface area contributed by atoms with E-state index < -0.39 is 0 Å². The lowest BCUT2D eigenvalue weighted by molar-refractivity contribution is -0.0273. The van der Waals surface area contributed by atoms with Crippen LogP contribution in [0.25, 0.3) is 0 Å². The summed E-state index contributed by atoms with van der Waals surface area (Å²) in [4.78, 5) is 15.5. The van der Waals surface area contributed by atoms with Gasteiger partial charge < -0.3 is 14.4 Å². The van der Waals surface area contributed by atoms with Crippen molar-refractivity contribution in [2.45, 2.75) is 37.3 Å². The molecule has 1 aromatic heterocycles. The Morgan fingerprint density at radius 3 is 3.00 bits per heavy atom. The number of rotatable bonds is 3. The molecule has 0 bridgehead atoms. The average molecular weight is 256 g/mol. The van der Waals surface area contributed by atoms with E-state index in [9.17, 15) is 4.79 Å². The number of aliphatic hydroxyl groups excluding tert-OH is 1. The number of nitrogens with zero attached hydrogens (tertiary/aromatic N) is 2. The molecule has 1 saturated heterocycles. The zero-order chi connectivity index (χ0) is 12.4. The summed E-state index contributed by atoms with van der Waals surface area (Å²) in [6.45, 7) is 1.78. The van der Waals surface area contributed by atoms with Crippen LogP contribution in [0.3, 0.4) is 0 Å². The summed E-state index contributed by atoms with van der Waals surface area (Å²) in [6.07, 6.45) is 5.11. The summed E-state index contributed by atoms with van der Waals surface area (Å²) in [5.74, 6) is 0. The second-order valence-electron chi connectivity index (χ2n) is 4.10. The minimum atomic E-state index is -0.192. The van der Waals surface area contributed by atoms with Crippen molar-refractivity contribution in [1.29, 1.82) is 0 Å². The van der Waals surface area contributed by atoms with E-state index in [1.807, 2.05) is 10.8 Å². The molecule has 1 N–H and O–H groups in total. The molecule has 5 nitrogen and oxygen atoms in total. The molecule has 0 aromatic carbocycles. The molecular weight excluding hydrogens is 240 g/mol. The van der Waals surface area contributed by atoms with Gasteiger partial charge in [0, 0.05) is 11.8 Å². The van der Waals surface area contributed by atoms with Gasteiger partial charge in [-0.2, -0.15) is 4.98 Å². The van der Waals surface area contributed by atoms with Gasteiger partial charge in [-0.3, -0.25) is 4.79 Å². The molecule has 1 aliphatic heterocycles. The van der Waals surface area contributed by atoms with Gasteiger partial charge in [-0.1, -0.05) is 11.8 Å². The minimum absolute atomic E-state index is 0.0394. The second kappa shape index (κ2) is 5.20. The van der Waals surface area contributed by atoms with Crippen molar-refractivity contribution in [2.24, 2.45) is 0 Å². The second-order valence-corrected chi connectivity index (χ2v) is 4.87. The van der Waals surface area contributed by atoms with Crippen LogP contribution < -0.4 is 5.56 Å². The maximum atomic E-state index is 11.5. The van der Waals surface area contributed by atoms with Crippen molar-refractivity contribution in [3.63, 3.8) is 0 Å². The molecule has 1 fully saturated rings. The smallest absolute Gasteiger partial charge is 0.276 e. The summed E-state index contributed by atoms with van der Waals surface area (Å²) in [5, 5.41) is 9.71. The predicted octanol–water partition coefficient (Wildman–Crippen LogP) is 0.944. The molecule has 94 valence electrons. The first-order chi connectivity index (χ1) is 8.15. The molecular formula is C11H16N2O3S. The molecule has 2 heterocycles. The van der Waals surface area contributed by atoms with Crippen molar-refractivity contribution in [3.8, 4) is 0 Å². The predicted molar refractivity (Wildman–Crippen MR) is 65.2 cm³/mol. The lowest BCUT2D eigenvalue weighted by Crippen LogP contribution is -2.21. The number of thioether (sulfide) groups is 1. The Hall–Kier alpha value is -0.850. The van der Waals surface area contributed by atoms with Crippen LogP contribution in [-0.4, -0.2) is 33.6 Å². The Balaban J connectivity index is 2.32. The van der Waals surface area contributed by atoms with Crippen molar-refractivity contribution < 1.29 is 9.84 Å². The van der Waals surface area contributed by atoms with E-state index in [0.29, 0.717) is 10.7 Å². The van der Waals surface area contributed by atoms with Crippen molar-refractivity contribution in [3.05, 3.63) is 22.1 Å². The largest absolute Gasteiger partial charge is 0.394 e. The average Bonchev–Trinajstić information content (AvgIpc) is 2.80. The highest BCUT2D eigenvalue weighted by molar-refractivity contribution is 7.98. The third-order valence-corrected chi connectivity index (χ3v) is 3.54. The van der Waals surface area contributed by atoms with Crippen LogP contribution in [0.2, 0.25) is 0 Å². The van der Waals surface area contributed by atoms with Crippen molar-refractivity contribution in [2.75, 3.05) is 12.9 Å². The van der Waals surface area contributed by atoms with E-state index in [2.05, 4.69) is 4.98 Å². The summed E-state index contributed by atoms with van der Waals surface area (Å²) in [6, 6.07) is 0. The molecule has 0 aliphatic carbocycles. The third kappa shape index (κ3) is 2.53. The van der Waals surface area contributed by atoms with Gasteiger partial charge >= 0.3 is 0 Å². The maximum absolute atomic E-state index is 11.5. The van der Waals surface area contributed by atoms with Crippen LogP contribution in [0.4, 0.5) is 0 Å². The fourth-order valence-corrected chi connectivity index (χ4v) is 2.49. The van der Waals surface area contributed by atoms with Gasteiger partial charge in [-0.15, -0.1) is 0 Å². The number of ether oxygens (including phenoxy) is 1. The van der Waals surface area contributed by atoms with Crippen LogP contribution in [0.15, 0.2) is 16.1 Å². The van der Waals surface area contributed by atoms with Gasteiger partial charge in [0.1, 0.15) is 6.23 Å². The molecule has 1 aliphatic rings. The summed E-state index contributed by atoms with van der Waals surface area (Å²) >= 11 is 1.42. The molecule has 2 rings (SSSR count). The lowest BCUT2D eigenvalue weighted by Gasteiger charge is -2.18. The zero-order valence-corrected chi connectivity index (χ0v) is 10.7. The molecule has 0 spiro atoms. The first-order valence-electron chi connectivity index (χ1n) is 5.55. The molecule has 17 heavy (non-hydrogen) atoms. The minimum Gasteiger partial charge on any atom is -0.394 e. The number of aromatic nitrogens is 2. The molecule has 1 aromatic rings. The number of hydrogen-bond acceptors (Lipinski definition) is 5. The quantitative estimate of drug-likeness (QED) is 0.644. The van der Waals surface area contributed by atoms with Gasteiger partial charge in [-0.05, 0) is 26.0 Å². The van der Waals surface area contributed by atoms with Crippen molar-refractivity contribution in [1.82, 2.24) is 9.55 Å². The van der Waals surface area contributed by atoms with E-state index in [4.69, 9.17) is 9.84 Å². The Morgan fingerprint density at radius 2 is 2.41 bits per heavy atom. The summed E-state index contributed by atoms with van der Waals surface area (Å²) in [7, 11) is 0. The van der Waals surface area contributed by atoms with Crippen LogP contribution >= 0.6 is 11.8 Å². The SMILES string of the molecule is CSc1nc(=O)c(C)cn1[C@@H]1CC[C@@H](CO)O1. The maximum Gasteiger partial charge on any atom is 0.276 e. The summed E-state index contributed by atoms with van der Waals surface area (Å²) in [5.41, 5.74) is 0.418. The van der Waals surface area contributed by atoms with Crippen LogP contribution in [0.5, 0.6) is 0 Å². The third-order valence-electron chi connectivity index (χ3n) is 2.87. The van der Waals surface area contributed by atoms with Gasteiger partial charge in [0.15, 0.2) is 5.16 Å².